The van der Waals surface area contributed by atoms with E-state index in [2.05, 4.69) is 20.8 Å². The zero-order valence-corrected chi connectivity index (χ0v) is 27.9. The standard InChI is InChI=1S/C27H29ClN6O10S3/c1-27(2,25(42)43)44-33-16(13-10-47-26(29)31-13)21(38)32-17-22(39)34-18(24(40)41)11(9-46-23(17)34)8-45-7-3-6-30-20(37)12-4-5-14(35)19(36)15(12)28/h4-5,10,17,23,35-36H,3,6-9H2,1-2H3,(H2,29,31)(H,30,37)(H,32,38)(H,40,41)(H,42,43)/b33-16-/t17-,23-/m1/s1. The highest BCUT2D eigenvalue weighted by Crippen LogP contribution is 2.41. The number of phenols is 2. The van der Waals surface area contributed by atoms with E-state index in [9.17, 15) is 44.4 Å². The number of oxime groups is 1. The summed E-state index contributed by atoms with van der Waals surface area (Å²) in [6.07, 6.45) is 0.516. The van der Waals surface area contributed by atoms with E-state index in [-0.39, 0.29) is 39.4 Å². The van der Waals surface area contributed by atoms with E-state index in [1.165, 1.54) is 48.8 Å². The third-order valence-electron chi connectivity index (χ3n) is 6.76. The molecule has 1 saturated heterocycles. The van der Waals surface area contributed by atoms with Crippen molar-refractivity contribution in [3.05, 3.63) is 45.1 Å². The number of fused-ring (bicyclic) bond motifs is 1. The van der Waals surface area contributed by atoms with Crippen molar-refractivity contribution >= 4 is 87.0 Å². The lowest BCUT2D eigenvalue weighted by Gasteiger charge is -2.49. The number of thioether (sulfide) groups is 2. The first-order chi connectivity index (χ1) is 22.1. The molecule has 0 spiro atoms. The van der Waals surface area contributed by atoms with Crippen molar-refractivity contribution in [2.75, 3.05) is 29.5 Å². The number of carboxylic acids is 2. The number of aliphatic carboxylic acids is 2. The Morgan fingerprint density at radius 1 is 1.26 bits per heavy atom. The largest absolute Gasteiger partial charge is 0.504 e. The van der Waals surface area contributed by atoms with E-state index in [1.807, 2.05) is 0 Å². The molecule has 0 bridgehead atoms. The highest BCUT2D eigenvalue weighted by Gasteiger charge is 2.54. The van der Waals surface area contributed by atoms with Crippen LogP contribution in [0.1, 0.15) is 36.3 Å². The molecular weight excluding hydrogens is 700 g/mol. The molecule has 8 N–H and O–H groups in total. The van der Waals surface area contributed by atoms with Gasteiger partial charge in [0.25, 0.3) is 17.7 Å². The van der Waals surface area contributed by atoms with Gasteiger partial charge in [0.1, 0.15) is 22.8 Å². The Hall–Kier alpha value is -4.20. The number of aromatic nitrogens is 1. The predicted octanol–water partition coefficient (Wildman–Crippen LogP) is 1.67. The minimum absolute atomic E-state index is 0.000161. The van der Waals surface area contributed by atoms with Crippen molar-refractivity contribution < 1.29 is 49.2 Å². The minimum atomic E-state index is -1.79. The highest BCUT2D eigenvalue weighted by atomic mass is 35.5. The van der Waals surface area contributed by atoms with Gasteiger partial charge >= 0.3 is 11.9 Å². The fraction of sp³-hybridized carbons (Fsp3) is 0.370. The van der Waals surface area contributed by atoms with Crippen molar-refractivity contribution in [3.63, 3.8) is 0 Å². The quantitative estimate of drug-likeness (QED) is 0.0480. The SMILES string of the molecule is CC(C)(O/N=C(\C(=O)N[C@@H]1C(=O)N2C(C(=O)O)=C(CSCCCNC(=O)c3ccc(O)c(O)c3Cl)CS[C@H]12)c1csc(N)n1)C(=O)O. The molecule has 20 heteroatoms. The van der Waals surface area contributed by atoms with Gasteiger partial charge in [0, 0.05) is 23.4 Å². The molecule has 0 aliphatic carbocycles. The Morgan fingerprint density at radius 3 is 2.62 bits per heavy atom. The van der Waals surface area contributed by atoms with Crippen LogP contribution in [0.5, 0.6) is 11.5 Å². The number of carbonyl (C=O) groups is 5. The number of thiazole rings is 1. The minimum Gasteiger partial charge on any atom is -0.504 e. The number of nitrogens with two attached hydrogens (primary N) is 1. The number of rotatable bonds is 14. The monoisotopic (exact) mass is 728 g/mol. The Kier molecular flexibility index (Phi) is 11.2. The second kappa shape index (κ2) is 14.7. The van der Waals surface area contributed by atoms with Crippen LogP contribution >= 0.6 is 46.5 Å². The number of phenolic OH excluding ortho intramolecular Hbond substituents is 2. The molecule has 4 rings (SSSR count). The molecule has 0 saturated carbocycles. The summed E-state index contributed by atoms with van der Waals surface area (Å²) < 4.78 is 0. The fourth-order valence-corrected chi connectivity index (χ4v) is 7.45. The molecule has 1 aromatic carbocycles. The van der Waals surface area contributed by atoms with Crippen LogP contribution in [-0.4, -0.2) is 107 Å². The Labute approximate surface area is 284 Å². The van der Waals surface area contributed by atoms with Crippen molar-refractivity contribution in [3.8, 4) is 11.5 Å². The third kappa shape index (κ3) is 7.86. The van der Waals surface area contributed by atoms with Crippen molar-refractivity contribution in [1.82, 2.24) is 20.5 Å². The number of amides is 3. The van der Waals surface area contributed by atoms with Crippen LogP contribution in [0.3, 0.4) is 0 Å². The van der Waals surface area contributed by atoms with Crippen LogP contribution in [0.4, 0.5) is 5.13 Å². The summed E-state index contributed by atoms with van der Waals surface area (Å²) in [6, 6.07) is 1.33. The summed E-state index contributed by atoms with van der Waals surface area (Å²) in [5.41, 5.74) is 3.83. The molecule has 0 radical (unpaired) electrons. The summed E-state index contributed by atoms with van der Waals surface area (Å²) in [6.45, 7) is 2.72. The normalized spacial score (nSPS) is 17.9. The molecule has 1 aromatic heterocycles. The summed E-state index contributed by atoms with van der Waals surface area (Å²) in [5.74, 6) is -4.65. The summed E-state index contributed by atoms with van der Waals surface area (Å²) in [7, 11) is 0. The summed E-state index contributed by atoms with van der Waals surface area (Å²) in [4.78, 5) is 72.6. The maximum atomic E-state index is 13.2. The molecular formula is C27H29ClN6O10S3. The smallest absolute Gasteiger partial charge is 0.352 e. The zero-order chi connectivity index (χ0) is 34.6. The summed E-state index contributed by atoms with van der Waals surface area (Å²) in [5, 5.41) is 47.9. The van der Waals surface area contributed by atoms with Gasteiger partial charge in [0.15, 0.2) is 22.3 Å². The molecule has 2 aliphatic rings. The van der Waals surface area contributed by atoms with Gasteiger partial charge in [0.2, 0.25) is 5.60 Å². The number of carbonyl (C=O) groups excluding carboxylic acids is 3. The number of halogens is 1. The van der Waals surface area contributed by atoms with Crippen molar-refractivity contribution in [1.29, 1.82) is 0 Å². The first-order valence-corrected chi connectivity index (χ1v) is 17.1. The second-order valence-electron chi connectivity index (χ2n) is 10.5. The maximum Gasteiger partial charge on any atom is 0.352 e. The molecule has 2 aromatic rings. The van der Waals surface area contributed by atoms with Gasteiger partial charge in [-0.1, -0.05) is 16.8 Å². The lowest BCUT2D eigenvalue weighted by atomic mass is 10.0. The van der Waals surface area contributed by atoms with E-state index < -0.39 is 63.9 Å². The van der Waals surface area contributed by atoms with Crippen LogP contribution in [-0.2, 0) is 24.0 Å². The van der Waals surface area contributed by atoms with Crippen LogP contribution in [0.2, 0.25) is 5.02 Å². The lowest BCUT2D eigenvalue weighted by Crippen LogP contribution is -2.71. The Morgan fingerprint density at radius 2 is 1.98 bits per heavy atom. The number of anilines is 1. The number of benzene rings is 1. The van der Waals surface area contributed by atoms with Gasteiger partial charge in [-0.25, -0.2) is 14.6 Å². The van der Waals surface area contributed by atoms with Crippen LogP contribution < -0.4 is 16.4 Å². The molecule has 252 valence electrons. The average Bonchev–Trinajstić information content (AvgIpc) is 3.45. The average molecular weight is 729 g/mol. The number of hydrogen-bond acceptors (Lipinski definition) is 14. The topological polar surface area (TPSA) is 254 Å². The van der Waals surface area contributed by atoms with E-state index in [4.69, 9.17) is 22.2 Å². The van der Waals surface area contributed by atoms with Gasteiger partial charge < -0.3 is 41.6 Å². The number of aromatic hydroxyl groups is 2. The first kappa shape index (κ1) is 35.7. The van der Waals surface area contributed by atoms with Gasteiger partial charge in [0.05, 0.1) is 10.6 Å². The van der Waals surface area contributed by atoms with Crippen LogP contribution in [0, 0.1) is 0 Å². The molecule has 3 amide bonds. The third-order valence-corrected chi connectivity index (χ3v) is 10.3. The Bertz CT molecular complexity index is 1680. The molecule has 3 heterocycles. The van der Waals surface area contributed by atoms with E-state index >= 15 is 0 Å². The molecule has 1 fully saturated rings. The van der Waals surface area contributed by atoms with Gasteiger partial charge in [-0.05, 0) is 43.7 Å². The maximum absolute atomic E-state index is 13.2. The number of nitrogens with zero attached hydrogens (tertiary/aromatic N) is 3. The van der Waals surface area contributed by atoms with Gasteiger partial charge in [-0.2, -0.15) is 11.8 Å². The van der Waals surface area contributed by atoms with Crippen molar-refractivity contribution in [2.24, 2.45) is 5.16 Å². The zero-order valence-electron chi connectivity index (χ0n) is 24.7. The van der Waals surface area contributed by atoms with Crippen LogP contribution in [0.15, 0.2) is 33.9 Å². The number of hydrogen-bond donors (Lipinski definition) is 7. The lowest BCUT2D eigenvalue weighted by molar-refractivity contribution is -0.161. The molecule has 2 atom stereocenters. The highest BCUT2D eigenvalue weighted by molar-refractivity contribution is 8.01. The van der Waals surface area contributed by atoms with Gasteiger partial charge in [-0.15, -0.1) is 23.1 Å². The molecule has 0 unspecified atom stereocenters. The molecule has 16 nitrogen and oxygen atoms in total. The van der Waals surface area contributed by atoms with Crippen molar-refractivity contribution in [2.45, 2.75) is 37.3 Å². The summed E-state index contributed by atoms with van der Waals surface area (Å²) >= 11 is 9.60. The van der Waals surface area contributed by atoms with E-state index in [1.54, 1.807) is 0 Å². The van der Waals surface area contributed by atoms with E-state index in [0.717, 1.165) is 22.3 Å². The van der Waals surface area contributed by atoms with E-state index in [0.29, 0.717) is 23.5 Å². The van der Waals surface area contributed by atoms with Crippen LogP contribution in [0.25, 0.3) is 0 Å². The predicted molar refractivity (Wildman–Crippen MR) is 175 cm³/mol. The number of β-lactam (4-membered cyclic amide) rings is 1. The molecule has 2 aliphatic heterocycles. The second-order valence-corrected chi connectivity index (χ2v) is 14.0. The number of nitrogen functional groups attached to an aromatic ring is 1. The molecule has 47 heavy (non-hydrogen) atoms. The number of carboxylic acid groups (broad SMARTS) is 2. The fourth-order valence-electron chi connectivity index (χ4n) is 4.20. The van der Waals surface area contributed by atoms with Gasteiger partial charge in [-0.3, -0.25) is 19.3 Å². The Balaban J connectivity index is 1.35. The number of nitrogens with one attached hydrogen (secondary N) is 2. The first-order valence-electron chi connectivity index (χ1n) is 13.6.